The maximum atomic E-state index is 10.8. The Bertz CT molecular complexity index is 950. The second-order valence-electron chi connectivity index (χ2n) is 7.31. The molecule has 0 aromatic heterocycles. The van der Waals surface area contributed by atoms with Crippen molar-refractivity contribution in [2.45, 2.75) is 32.3 Å². The first-order valence-corrected chi connectivity index (χ1v) is 11.6. The van der Waals surface area contributed by atoms with Gasteiger partial charge in [0.15, 0.2) is 11.5 Å². The van der Waals surface area contributed by atoms with Crippen LogP contribution < -0.4 is 9.47 Å². The molecule has 0 saturated carbocycles. The molecular weight excluding hydrogens is 519 g/mol. The molecule has 2 aromatic rings. The minimum atomic E-state index is -0.765. The highest BCUT2D eigenvalue weighted by molar-refractivity contribution is 14.1. The van der Waals surface area contributed by atoms with E-state index in [-0.39, 0.29) is 19.0 Å². The van der Waals surface area contributed by atoms with E-state index in [0.29, 0.717) is 33.3 Å². The van der Waals surface area contributed by atoms with Crippen molar-refractivity contribution < 1.29 is 24.8 Å². The van der Waals surface area contributed by atoms with Crippen LogP contribution in [0.1, 0.15) is 31.7 Å². The SMILES string of the molecule is C=C(COc1ccccc1)/C(=C/CO)C(O)CC/C(=C/c1cc(I)c(O)c(OC)c1)CC. The van der Waals surface area contributed by atoms with E-state index in [1.807, 2.05) is 36.4 Å². The van der Waals surface area contributed by atoms with Gasteiger partial charge in [0.25, 0.3) is 0 Å². The van der Waals surface area contributed by atoms with Crippen LogP contribution >= 0.6 is 22.6 Å². The van der Waals surface area contributed by atoms with Gasteiger partial charge in [-0.2, -0.15) is 0 Å². The number of aliphatic hydroxyl groups is 2. The molecule has 0 aliphatic carbocycles. The minimum absolute atomic E-state index is 0.133. The third-order valence-electron chi connectivity index (χ3n) is 5.07. The number of halogens is 1. The van der Waals surface area contributed by atoms with E-state index in [1.165, 1.54) is 7.11 Å². The van der Waals surface area contributed by atoms with Gasteiger partial charge in [0.1, 0.15) is 12.4 Å². The lowest BCUT2D eigenvalue weighted by atomic mass is 9.95. The lowest BCUT2D eigenvalue weighted by Crippen LogP contribution is -2.16. The molecular formula is C26H31IO5. The van der Waals surface area contributed by atoms with Gasteiger partial charge in [-0.25, -0.2) is 0 Å². The molecule has 0 aliphatic heterocycles. The largest absolute Gasteiger partial charge is 0.504 e. The van der Waals surface area contributed by atoms with Gasteiger partial charge in [0, 0.05) is 0 Å². The summed E-state index contributed by atoms with van der Waals surface area (Å²) in [5.74, 6) is 1.29. The molecule has 172 valence electrons. The molecule has 3 N–H and O–H groups in total. The van der Waals surface area contributed by atoms with E-state index in [9.17, 15) is 15.3 Å². The number of phenolic OH excluding ortho intramolecular Hbond substituents is 1. The zero-order chi connectivity index (χ0) is 23.5. The lowest BCUT2D eigenvalue weighted by Gasteiger charge is -2.19. The monoisotopic (exact) mass is 550 g/mol. The fourth-order valence-electron chi connectivity index (χ4n) is 3.28. The Hall–Kier alpha value is -2.29. The molecule has 5 nitrogen and oxygen atoms in total. The average molecular weight is 550 g/mol. The fraction of sp³-hybridized carbons (Fsp3) is 0.308. The van der Waals surface area contributed by atoms with Gasteiger partial charge < -0.3 is 24.8 Å². The lowest BCUT2D eigenvalue weighted by molar-refractivity contribution is 0.198. The van der Waals surface area contributed by atoms with Crippen molar-refractivity contribution in [3.8, 4) is 17.2 Å². The predicted octanol–water partition coefficient (Wildman–Crippen LogP) is 5.49. The summed E-state index contributed by atoms with van der Waals surface area (Å²) >= 11 is 2.07. The summed E-state index contributed by atoms with van der Waals surface area (Å²) in [5.41, 5.74) is 3.32. The summed E-state index contributed by atoms with van der Waals surface area (Å²) in [6.07, 6.45) is 4.86. The number of ether oxygens (including phenoxy) is 2. The summed E-state index contributed by atoms with van der Waals surface area (Å²) in [4.78, 5) is 0. The Kier molecular flexibility index (Phi) is 10.8. The van der Waals surface area contributed by atoms with Crippen LogP contribution in [0.2, 0.25) is 0 Å². The van der Waals surface area contributed by atoms with Gasteiger partial charge >= 0.3 is 0 Å². The van der Waals surface area contributed by atoms with Crippen molar-refractivity contribution in [1.29, 1.82) is 0 Å². The molecule has 0 amide bonds. The van der Waals surface area contributed by atoms with Crippen LogP contribution in [0.5, 0.6) is 17.2 Å². The molecule has 1 unspecified atom stereocenters. The summed E-state index contributed by atoms with van der Waals surface area (Å²) in [7, 11) is 1.53. The average Bonchev–Trinajstić information content (AvgIpc) is 2.81. The van der Waals surface area contributed by atoms with Gasteiger partial charge in [-0.15, -0.1) is 0 Å². The van der Waals surface area contributed by atoms with Gasteiger partial charge in [-0.05, 0) is 82.8 Å². The first-order valence-electron chi connectivity index (χ1n) is 10.5. The van der Waals surface area contributed by atoms with E-state index >= 15 is 0 Å². The van der Waals surface area contributed by atoms with Crippen LogP contribution in [0.15, 0.2) is 71.8 Å². The molecule has 0 radical (unpaired) electrons. The first-order chi connectivity index (χ1) is 15.4. The molecule has 0 fully saturated rings. The van der Waals surface area contributed by atoms with Crippen LogP contribution in [-0.2, 0) is 0 Å². The quantitative estimate of drug-likeness (QED) is 0.241. The predicted molar refractivity (Wildman–Crippen MR) is 137 cm³/mol. The third-order valence-corrected chi connectivity index (χ3v) is 5.89. The van der Waals surface area contributed by atoms with E-state index in [2.05, 4.69) is 42.2 Å². The third kappa shape index (κ3) is 7.69. The number of methoxy groups -OCH3 is 1. The molecule has 1 atom stereocenters. The highest BCUT2D eigenvalue weighted by Crippen LogP contribution is 2.33. The van der Waals surface area contributed by atoms with Crippen molar-refractivity contribution in [1.82, 2.24) is 0 Å². The number of aliphatic hydroxyl groups excluding tert-OH is 2. The molecule has 0 heterocycles. The zero-order valence-electron chi connectivity index (χ0n) is 18.6. The molecule has 0 bridgehead atoms. The smallest absolute Gasteiger partial charge is 0.171 e. The standard InChI is InChI=1S/C26H31IO5/c1-4-19(14-20-15-23(27)26(30)25(16-20)31-3)10-11-24(29)22(12-13-28)18(2)17-32-21-8-6-5-7-9-21/h5-9,12,14-16,24,28-30H,2,4,10-11,13,17H2,1,3H3/b19-14+,22-12-. The van der Waals surface area contributed by atoms with Crippen LogP contribution in [0, 0.1) is 3.57 Å². The number of para-hydroxylation sites is 1. The number of rotatable bonds is 12. The summed E-state index contributed by atoms with van der Waals surface area (Å²) in [6, 6.07) is 13.1. The van der Waals surface area contributed by atoms with Gasteiger partial charge in [-0.3, -0.25) is 0 Å². The molecule has 2 aromatic carbocycles. The molecule has 0 spiro atoms. The molecule has 32 heavy (non-hydrogen) atoms. The zero-order valence-corrected chi connectivity index (χ0v) is 20.7. The minimum Gasteiger partial charge on any atom is -0.504 e. The Balaban J connectivity index is 2.05. The molecule has 0 aliphatic rings. The van der Waals surface area contributed by atoms with Crippen LogP contribution in [0.3, 0.4) is 0 Å². The maximum absolute atomic E-state index is 10.8. The molecule has 0 saturated heterocycles. The second kappa shape index (κ2) is 13.3. The maximum Gasteiger partial charge on any atom is 0.171 e. The first kappa shape index (κ1) is 26.0. The second-order valence-corrected chi connectivity index (χ2v) is 8.47. The van der Waals surface area contributed by atoms with Crippen molar-refractivity contribution >= 4 is 28.7 Å². The Morgan fingerprint density at radius 1 is 1.22 bits per heavy atom. The van der Waals surface area contributed by atoms with Gasteiger partial charge in [-0.1, -0.05) is 49.4 Å². The highest BCUT2D eigenvalue weighted by Gasteiger charge is 2.15. The van der Waals surface area contributed by atoms with Crippen LogP contribution in [-0.4, -0.2) is 41.7 Å². The van der Waals surface area contributed by atoms with E-state index < -0.39 is 6.10 Å². The Morgan fingerprint density at radius 3 is 2.56 bits per heavy atom. The van der Waals surface area contributed by atoms with Crippen molar-refractivity contribution in [3.05, 3.63) is 81.0 Å². The van der Waals surface area contributed by atoms with E-state index in [0.717, 1.165) is 23.3 Å². The van der Waals surface area contributed by atoms with Crippen LogP contribution in [0.25, 0.3) is 6.08 Å². The Morgan fingerprint density at radius 2 is 1.94 bits per heavy atom. The molecule has 2 rings (SSSR count). The topological polar surface area (TPSA) is 79.2 Å². The normalized spacial score (nSPS) is 13.0. The Labute approximate surface area is 203 Å². The van der Waals surface area contributed by atoms with Gasteiger partial charge in [0.05, 0.1) is 23.4 Å². The number of allylic oxidation sites excluding steroid dienone is 1. The van der Waals surface area contributed by atoms with Crippen molar-refractivity contribution in [2.75, 3.05) is 20.3 Å². The number of hydrogen-bond acceptors (Lipinski definition) is 5. The number of hydrogen-bond donors (Lipinski definition) is 3. The number of benzene rings is 2. The van der Waals surface area contributed by atoms with Crippen molar-refractivity contribution in [2.24, 2.45) is 0 Å². The number of phenols is 1. The van der Waals surface area contributed by atoms with E-state index in [4.69, 9.17) is 9.47 Å². The number of aromatic hydroxyl groups is 1. The van der Waals surface area contributed by atoms with Gasteiger partial charge in [0.2, 0.25) is 0 Å². The summed E-state index contributed by atoms with van der Waals surface area (Å²) in [6.45, 7) is 6.16. The highest BCUT2D eigenvalue weighted by atomic mass is 127. The van der Waals surface area contributed by atoms with Crippen LogP contribution in [0.4, 0.5) is 0 Å². The van der Waals surface area contributed by atoms with E-state index in [1.54, 1.807) is 12.1 Å². The molecule has 6 heteroatoms. The fourth-order valence-corrected chi connectivity index (χ4v) is 3.91. The van der Waals surface area contributed by atoms with Crippen molar-refractivity contribution in [3.63, 3.8) is 0 Å². The summed E-state index contributed by atoms with van der Waals surface area (Å²) in [5, 5.41) is 30.3. The summed E-state index contributed by atoms with van der Waals surface area (Å²) < 4.78 is 11.7.